The van der Waals surface area contributed by atoms with Gasteiger partial charge in [0.2, 0.25) is 5.91 Å². The second kappa shape index (κ2) is 25.8. The maximum Gasteiger partial charge on any atom is 0.326 e. The van der Waals surface area contributed by atoms with Crippen molar-refractivity contribution in [2.24, 2.45) is 4.99 Å². The predicted molar refractivity (Wildman–Crippen MR) is 335 cm³/mol. The van der Waals surface area contributed by atoms with Gasteiger partial charge in [-0.15, -0.1) is 0 Å². The SMILES string of the molecule is CCOc1cc(C(C)(C)C)ccc1C1=N[C@@](C)(c2ccc(Cl)cc2)[C@@](C)(c2ccc(Cl)cc2)N1C(=O)N1CCN(CCCCCCCCC(=O)NCCn2nc3c(c2C#N)-c2cnc(N)c(n2)N2CCC[C@@H]2c2cc(F)ccc2C(=O)N(C)C3)CC1. The molecule has 6 heterocycles. The van der Waals surface area contributed by atoms with E-state index in [1.54, 1.807) is 11.7 Å². The summed E-state index contributed by atoms with van der Waals surface area (Å²) in [7, 11) is 1.66. The van der Waals surface area contributed by atoms with Crippen molar-refractivity contribution in [1.29, 1.82) is 5.26 Å². The van der Waals surface area contributed by atoms with Gasteiger partial charge in [-0.3, -0.25) is 29.1 Å². The molecule has 4 aliphatic rings. The fourth-order valence-electron chi connectivity index (χ4n) is 12.8. The van der Waals surface area contributed by atoms with Crippen LogP contribution in [-0.4, -0.2) is 122 Å². The number of nitrogens with two attached hydrogens (primary N) is 1. The fourth-order valence-corrected chi connectivity index (χ4v) is 13.0. The zero-order chi connectivity index (χ0) is 61.1. The summed E-state index contributed by atoms with van der Waals surface area (Å²) >= 11 is 13.0. The van der Waals surface area contributed by atoms with Gasteiger partial charge in [-0.2, -0.15) is 10.4 Å². The average Bonchev–Trinajstić information content (AvgIpc) is 1.60. The third kappa shape index (κ3) is 12.4. The number of aliphatic imine (C=N–C) groups is 1. The van der Waals surface area contributed by atoms with Crippen LogP contribution in [0, 0.1) is 17.1 Å². The van der Waals surface area contributed by atoms with Crippen molar-refractivity contribution in [3.63, 3.8) is 0 Å². The van der Waals surface area contributed by atoms with Crippen molar-refractivity contribution in [1.82, 2.24) is 44.7 Å². The quantitative estimate of drug-likeness (QED) is 0.0825. The van der Waals surface area contributed by atoms with Gasteiger partial charge in [0.1, 0.15) is 40.2 Å². The van der Waals surface area contributed by atoms with E-state index in [4.69, 9.17) is 48.7 Å². The molecule has 2 saturated heterocycles. The summed E-state index contributed by atoms with van der Waals surface area (Å²) in [6, 6.07) is 27.8. The van der Waals surface area contributed by atoms with E-state index in [1.165, 1.54) is 29.3 Å². The monoisotopic (exact) mass is 1210 g/mol. The highest BCUT2D eigenvalue weighted by Gasteiger charge is 2.60. The molecule has 3 atom stereocenters. The molecule has 17 nitrogen and oxygen atoms in total. The Hall–Kier alpha value is -7.59. The van der Waals surface area contributed by atoms with Gasteiger partial charge >= 0.3 is 6.03 Å². The summed E-state index contributed by atoms with van der Waals surface area (Å²) in [5.74, 6) is 0.977. The number of fused-ring (bicyclic) bond motifs is 8. The van der Waals surface area contributed by atoms with Crippen LogP contribution in [0.3, 0.4) is 0 Å². The number of nitrogens with one attached hydrogen (secondary N) is 1. The van der Waals surface area contributed by atoms with Crippen molar-refractivity contribution in [3.05, 3.63) is 152 Å². The fraction of sp³-hybridized carbons (Fsp3) is 0.455. The minimum Gasteiger partial charge on any atom is -0.493 e. The van der Waals surface area contributed by atoms with Gasteiger partial charge < -0.3 is 30.5 Å². The summed E-state index contributed by atoms with van der Waals surface area (Å²) in [5, 5.41) is 19.6. The van der Waals surface area contributed by atoms with Crippen LogP contribution in [0.4, 0.5) is 20.8 Å². The number of unbranched alkanes of at least 4 members (excludes halogenated alkanes) is 5. The highest BCUT2D eigenvalue weighted by molar-refractivity contribution is 6.30. The maximum atomic E-state index is 15.6. The smallest absolute Gasteiger partial charge is 0.326 e. The van der Waals surface area contributed by atoms with Gasteiger partial charge in [0.05, 0.1) is 54.4 Å². The van der Waals surface area contributed by atoms with E-state index in [2.05, 4.69) is 74.1 Å². The zero-order valence-corrected chi connectivity index (χ0v) is 51.9. The number of piperazine rings is 1. The molecule has 0 unspecified atom stereocenters. The number of aromatic nitrogens is 4. The van der Waals surface area contributed by atoms with Crippen LogP contribution >= 0.6 is 23.2 Å². The van der Waals surface area contributed by atoms with Crippen molar-refractivity contribution in [2.75, 3.05) is 70.1 Å². The lowest BCUT2D eigenvalue weighted by Gasteiger charge is -2.47. The second-order valence-electron chi connectivity index (χ2n) is 24.4. The molecule has 0 saturated carbocycles. The zero-order valence-electron chi connectivity index (χ0n) is 50.4. The Morgan fingerprint density at radius 3 is 2.23 bits per heavy atom. The molecule has 20 heteroatoms. The standard InChI is InChI=1S/C66H78Cl2FN13O4/c1-8-86-56-38-45(64(2,3)4)22-28-50(56)60-75-65(5,43-18-23-46(67)24-19-43)66(6,44-20-25-47(68)26-21-44)82(60)63(85)79-36-34-78(35-37-79)31-14-12-10-9-11-13-17-57(83)72-30-33-81-55(40-70)58-52-41-73-59(71)61(74-52)80-32-15-16-54(80)51-39-48(69)27-29-49(51)62(84)77(7)42-53(58)76-81/h18-29,38-39,41,54H,8-17,30-37,42H2,1-7H3,(H2,71,73)(H,72,83)/t54-,65+,66-/m1/s1. The van der Waals surface area contributed by atoms with Gasteiger partial charge in [0, 0.05) is 68.3 Å². The number of benzene rings is 4. The molecule has 4 amide bonds. The van der Waals surface area contributed by atoms with Gasteiger partial charge in [-0.05, 0) is 135 Å². The Bertz CT molecular complexity index is 3560. The van der Waals surface area contributed by atoms with Crippen LogP contribution in [0.1, 0.15) is 155 Å². The molecule has 4 aliphatic heterocycles. The molecule has 3 N–H and O–H groups in total. The van der Waals surface area contributed by atoms with Crippen LogP contribution in [-0.2, 0) is 34.4 Å². The Balaban J connectivity index is 0.721. The number of amidine groups is 1. The molecule has 6 aromatic rings. The van der Waals surface area contributed by atoms with Gasteiger partial charge in [0.25, 0.3) is 5.91 Å². The first-order chi connectivity index (χ1) is 41.2. The summed E-state index contributed by atoms with van der Waals surface area (Å²) < 4.78 is 22.7. The van der Waals surface area contributed by atoms with Crippen LogP contribution < -0.4 is 20.7 Å². The number of carbonyl (C=O) groups excluding carboxylic acids is 3. The number of carbonyl (C=O) groups is 3. The second-order valence-corrected chi connectivity index (χ2v) is 25.2. The molecule has 2 fully saturated rings. The minimum atomic E-state index is -1.02. The number of nitriles is 1. The topological polar surface area (TPSA) is 194 Å². The molecule has 2 aromatic heterocycles. The molecule has 0 radical (unpaired) electrons. The van der Waals surface area contributed by atoms with Crippen molar-refractivity contribution < 1.29 is 23.5 Å². The largest absolute Gasteiger partial charge is 0.493 e. The number of nitrogen functional groups attached to an aromatic ring is 1. The van der Waals surface area contributed by atoms with E-state index in [1.807, 2.05) is 70.2 Å². The summed E-state index contributed by atoms with van der Waals surface area (Å²) in [6.07, 6.45) is 9.16. The van der Waals surface area contributed by atoms with Gasteiger partial charge in [0.15, 0.2) is 11.6 Å². The Morgan fingerprint density at radius 2 is 1.55 bits per heavy atom. The first-order valence-corrected chi connectivity index (χ1v) is 30.9. The summed E-state index contributed by atoms with van der Waals surface area (Å²) in [6.45, 7) is 17.7. The minimum absolute atomic E-state index is 0.0372. The lowest BCUT2D eigenvalue weighted by molar-refractivity contribution is -0.121. The number of urea groups is 1. The number of halogens is 3. The highest BCUT2D eigenvalue weighted by Crippen LogP contribution is 2.54. The molecule has 4 aromatic carbocycles. The third-order valence-electron chi connectivity index (χ3n) is 17.8. The van der Waals surface area contributed by atoms with Crippen molar-refractivity contribution in [3.8, 4) is 23.1 Å². The Morgan fingerprint density at radius 1 is 0.872 bits per heavy atom. The van der Waals surface area contributed by atoms with Gasteiger partial charge in [-0.25, -0.2) is 19.2 Å². The average molecular weight is 1210 g/mol. The highest BCUT2D eigenvalue weighted by atomic mass is 35.5. The molecule has 0 spiro atoms. The molecule has 10 rings (SSSR count). The van der Waals surface area contributed by atoms with E-state index in [-0.39, 0.29) is 60.4 Å². The van der Waals surface area contributed by atoms with E-state index in [0.29, 0.717) is 94.6 Å². The maximum absolute atomic E-state index is 15.6. The number of hydrogen-bond donors (Lipinski definition) is 2. The van der Waals surface area contributed by atoms with Crippen LogP contribution in [0.15, 0.2) is 96.1 Å². The lowest BCUT2D eigenvalue weighted by atomic mass is 9.71. The first-order valence-electron chi connectivity index (χ1n) is 30.2. The van der Waals surface area contributed by atoms with E-state index >= 15 is 4.79 Å². The number of amides is 4. The third-order valence-corrected chi connectivity index (χ3v) is 18.3. The molecule has 86 heavy (non-hydrogen) atoms. The number of anilines is 2. The predicted octanol–water partition coefficient (Wildman–Crippen LogP) is 12.0. The van der Waals surface area contributed by atoms with Crippen molar-refractivity contribution in [2.45, 2.75) is 135 Å². The molecule has 2 bridgehead atoms. The first kappa shape index (κ1) is 61.5. The number of rotatable bonds is 17. The van der Waals surface area contributed by atoms with Crippen LogP contribution in [0.25, 0.3) is 11.3 Å². The van der Waals surface area contributed by atoms with E-state index in [9.17, 15) is 19.2 Å². The number of hydrogen-bond acceptors (Lipinski definition) is 12. The van der Waals surface area contributed by atoms with Crippen LogP contribution in [0.2, 0.25) is 10.0 Å². The Labute approximate surface area is 514 Å². The van der Waals surface area contributed by atoms with Crippen molar-refractivity contribution >= 4 is 58.5 Å². The van der Waals surface area contributed by atoms with E-state index in [0.717, 1.165) is 86.8 Å². The van der Waals surface area contributed by atoms with Crippen LogP contribution in [0.5, 0.6) is 5.75 Å². The summed E-state index contributed by atoms with van der Waals surface area (Å²) in [5.41, 5.74) is 10.4. The number of nitrogens with zero attached hydrogens (tertiary/aromatic N) is 11. The molecular weight excluding hydrogens is 1130 g/mol. The molecule has 0 aliphatic carbocycles. The normalized spacial score (nSPS) is 19.7. The molecular formula is C66H78Cl2FN13O4. The lowest BCUT2D eigenvalue weighted by Crippen LogP contribution is -2.60. The van der Waals surface area contributed by atoms with Gasteiger partial charge in [-0.1, -0.05) is 100.0 Å². The van der Waals surface area contributed by atoms with E-state index < -0.39 is 16.9 Å². The summed E-state index contributed by atoms with van der Waals surface area (Å²) in [4.78, 5) is 67.6. The number of ether oxygens (including phenoxy) is 1. The Kier molecular flexibility index (Phi) is 18.4. The molecule has 452 valence electrons.